The zero-order chi connectivity index (χ0) is 20.8. The van der Waals surface area contributed by atoms with Gasteiger partial charge in [-0.2, -0.15) is 0 Å². The van der Waals surface area contributed by atoms with E-state index in [-0.39, 0.29) is 0 Å². The molecule has 1 nitrogen and oxygen atoms in total. The maximum atomic E-state index is 6.01. The molecule has 2 aliphatic carbocycles. The Kier molecular flexibility index (Phi) is 7.93. The molecule has 2 saturated carbocycles. The van der Waals surface area contributed by atoms with Gasteiger partial charge in [0.1, 0.15) is 0 Å². The normalized spacial score (nSPS) is 27.4. The molecule has 2 fully saturated rings. The Labute approximate surface area is 191 Å². The number of halogens is 2. The van der Waals surface area contributed by atoms with Gasteiger partial charge in [-0.1, -0.05) is 59.6 Å². The Balaban J connectivity index is 1.25. The number of hydrogen-bond acceptors (Lipinski definition) is 1. The topological polar surface area (TPSA) is 9.23 Å². The first kappa shape index (κ1) is 21.9. The van der Waals surface area contributed by atoms with Gasteiger partial charge < -0.3 is 4.74 Å². The van der Waals surface area contributed by atoms with Crippen molar-refractivity contribution in [2.75, 3.05) is 6.61 Å². The third-order valence-corrected chi connectivity index (χ3v) is 7.66. The summed E-state index contributed by atoms with van der Waals surface area (Å²) in [5.74, 6) is 2.54. The number of hydrogen-bond donors (Lipinski definition) is 0. The van der Waals surface area contributed by atoms with Gasteiger partial charge in [0.2, 0.25) is 0 Å². The second kappa shape index (κ2) is 10.8. The predicted octanol–water partition coefficient (Wildman–Crippen LogP) is 8.61. The van der Waals surface area contributed by atoms with E-state index in [0.29, 0.717) is 12.7 Å². The van der Waals surface area contributed by atoms with Crippen molar-refractivity contribution in [2.24, 2.45) is 11.8 Å². The lowest BCUT2D eigenvalue weighted by molar-refractivity contribution is 0.0223. The Morgan fingerprint density at radius 1 is 0.733 bits per heavy atom. The molecule has 2 aromatic carbocycles. The Morgan fingerprint density at radius 3 is 1.83 bits per heavy atom. The van der Waals surface area contributed by atoms with Crippen molar-refractivity contribution in [3.05, 3.63) is 70.7 Å². The standard InChI is InChI=1S/C27H32Cl2O/c28-18-1-19-30-27-16-12-25(13-17-27)23-8-4-21(5-9-23)20-2-6-22(7-3-20)24-10-14-26(29)15-11-24/h1-3,6-7,10-11,14-15,18,21,23,25,27H,4-5,8-9,12-13,16-17,19H2. The quantitative estimate of drug-likeness (QED) is 0.434. The summed E-state index contributed by atoms with van der Waals surface area (Å²) in [5, 5.41) is 0.789. The van der Waals surface area contributed by atoms with Crippen LogP contribution >= 0.6 is 23.2 Å². The molecule has 2 aromatic rings. The number of benzene rings is 2. The van der Waals surface area contributed by atoms with Crippen molar-refractivity contribution in [1.82, 2.24) is 0 Å². The van der Waals surface area contributed by atoms with Gasteiger partial charge in [0.25, 0.3) is 0 Å². The Bertz CT molecular complexity index is 796. The van der Waals surface area contributed by atoms with Crippen molar-refractivity contribution >= 4 is 23.2 Å². The second-order valence-electron chi connectivity index (χ2n) is 8.97. The van der Waals surface area contributed by atoms with Crippen molar-refractivity contribution in [2.45, 2.75) is 63.4 Å². The molecule has 0 N–H and O–H groups in total. The molecule has 0 atom stereocenters. The molecular formula is C27H32Cl2O. The van der Waals surface area contributed by atoms with Gasteiger partial charge in [0.15, 0.2) is 0 Å². The Hall–Kier alpha value is -1.28. The number of ether oxygens (including phenoxy) is 1. The molecular weight excluding hydrogens is 411 g/mol. The van der Waals surface area contributed by atoms with E-state index in [2.05, 4.69) is 36.4 Å². The van der Waals surface area contributed by atoms with E-state index >= 15 is 0 Å². The van der Waals surface area contributed by atoms with Crippen LogP contribution in [0.2, 0.25) is 5.02 Å². The van der Waals surface area contributed by atoms with Gasteiger partial charge in [-0.15, -0.1) is 0 Å². The monoisotopic (exact) mass is 442 g/mol. The maximum Gasteiger partial charge on any atom is 0.0662 e. The van der Waals surface area contributed by atoms with E-state index in [9.17, 15) is 0 Å². The van der Waals surface area contributed by atoms with E-state index in [1.807, 2.05) is 18.2 Å². The van der Waals surface area contributed by atoms with Crippen LogP contribution in [0.4, 0.5) is 0 Å². The van der Waals surface area contributed by atoms with Gasteiger partial charge in [-0.3, -0.25) is 0 Å². The first-order chi connectivity index (χ1) is 14.7. The third kappa shape index (κ3) is 5.69. The minimum absolute atomic E-state index is 0.435. The van der Waals surface area contributed by atoms with Crippen molar-refractivity contribution < 1.29 is 4.74 Å². The van der Waals surface area contributed by atoms with Crippen molar-refractivity contribution in [3.8, 4) is 11.1 Å². The molecule has 3 heteroatoms. The van der Waals surface area contributed by atoms with E-state index in [0.717, 1.165) is 22.8 Å². The van der Waals surface area contributed by atoms with E-state index in [4.69, 9.17) is 27.9 Å². The van der Waals surface area contributed by atoms with E-state index in [1.54, 1.807) is 5.54 Å². The summed E-state index contributed by atoms with van der Waals surface area (Å²) in [5.41, 5.74) is 5.56. The van der Waals surface area contributed by atoms with Crippen LogP contribution in [0.1, 0.15) is 62.8 Å². The minimum atomic E-state index is 0.435. The zero-order valence-electron chi connectivity index (χ0n) is 17.6. The summed E-state index contributed by atoms with van der Waals surface area (Å²) < 4.78 is 5.90. The fourth-order valence-corrected chi connectivity index (χ4v) is 5.67. The molecule has 160 valence electrons. The van der Waals surface area contributed by atoms with Crippen molar-refractivity contribution in [1.29, 1.82) is 0 Å². The largest absolute Gasteiger partial charge is 0.374 e. The Morgan fingerprint density at radius 2 is 1.27 bits per heavy atom. The van der Waals surface area contributed by atoms with Gasteiger partial charge in [0, 0.05) is 10.6 Å². The SMILES string of the molecule is ClC=CCOC1CCC(C2CCC(c3ccc(-c4ccc(Cl)cc4)cc3)CC2)CC1. The van der Waals surface area contributed by atoms with Crippen LogP contribution in [0.15, 0.2) is 60.1 Å². The molecule has 0 radical (unpaired) electrons. The van der Waals surface area contributed by atoms with Crippen LogP contribution < -0.4 is 0 Å². The summed E-state index contributed by atoms with van der Waals surface area (Å²) in [4.78, 5) is 0. The first-order valence-electron chi connectivity index (χ1n) is 11.5. The smallest absolute Gasteiger partial charge is 0.0662 e. The van der Waals surface area contributed by atoms with Crippen LogP contribution in [0.5, 0.6) is 0 Å². The third-order valence-electron chi connectivity index (χ3n) is 7.23. The van der Waals surface area contributed by atoms with Gasteiger partial charge in [-0.25, -0.2) is 0 Å². The molecule has 0 aromatic heterocycles. The zero-order valence-corrected chi connectivity index (χ0v) is 19.1. The highest BCUT2D eigenvalue weighted by molar-refractivity contribution is 6.30. The van der Waals surface area contributed by atoms with Gasteiger partial charge in [0.05, 0.1) is 12.7 Å². The average molecular weight is 443 g/mol. The molecule has 0 bridgehead atoms. The summed E-state index contributed by atoms with van der Waals surface area (Å²) >= 11 is 11.6. The molecule has 30 heavy (non-hydrogen) atoms. The maximum absolute atomic E-state index is 6.01. The van der Waals surface area contributed by atoms with Crippen LogP contribution in [-0.2, 0) is 4.74 Å². The molecule has 2 aliphatic rings. The van der Waals surface area contributed by atoms with E-state index < -0.39 is 0 Å². The fourth-order valence-electron chi connectivity index (χ4n) is 5.47. The first-order valence-corrected chi connectivity index (χ1v) is 12.3. The van der Waals surface area contributed by atoms with E-state index in [1.165, 1.54) is 68.1 Å². The lowest BCUT2D eigenvalue weighted by Crippen LogP contribution is -2.28. The highest BCUT2D eigenvalue weighted by Crippen LogP contribution is 2.43. The molecule has 4 rings (SSSR count). The molecule has 0 amide bonds. The van der Waals surface area contributed by atoms with Crippen LogP contribution in [0.25, 0.3) is 11.1 Å². The highest BCUT2D eigenvalue weighted by atomic mass is 35.5. The summed E-state index contributed by atoms with van der Waals surface area (Å²) in [6, 6.07) is 17.3. The molecule has 0 heterocycles. The fraction of sp³-hybridized carbons (Fsp3) is 0.481. The van der Waals surface area contributed by atoms with Gasteiger partial charge in [-0.05, 0) is 104 Å². The highest BCUT2D eigenvalue weighted by Gasteiger charge is 2.31. The summed E-state index contributed by atoms with van der Waals surface area (Å²) in [6.07, 6.45) is 12.9. The lowest BCUT2D eigenvalue weighted by Gasteiger charge is -2.38. The molecule has 0 aliphatic heterocycles. The van der Waals surface area contributed by atoms with Crippen LogP contribution in [0.3, 0.4) is 0 Å². The molecule has 0 unspecified atom stereocenters. The lowest BCUT2D eigenvalue weighted by atomic mass is 9.69. The van der Waals surface area contributed by atoms with Crippen molar-refractivity contribution in [3.63, 3.8) is 0 Å². The molecule has 0 saturated heterocycles. The van der Waals surface area contributed by atoms with Crippen LogP contribution in [-0.4, -0.2) is 12.7 Å². The molecule has 0 spiro atoms. The average Bonchev–Trinajstić information content (AvgIpc) is 2.81. The second-order valence-corrected chi connectivity index (χ2v) is 9.66. The predicted molar refractivity (Wildman–Crippen MR) is 128 cm³/mol. The minimum Gasteiger partial charge on any atom is -0.374 e. The van der Waals surface area contributed by atoms with Crippen LogP contribution in [0, 0.1) is 11.8 Å². The van der Waals surface area contributed by atoms with Gasteiger partial charge >= 0.3 is 0 Å². The summed E-state index contributed by atoms with van der Waals surface area (Å²) in [7, 11) is 0. The number of rotatable bonds is 6. The summed E-state index contributed by atoms with van der Waals surface area (Å²) in [6.45, 7) is 0.654.